The summed E-state index contributed by atoms with van der Waals surface area (Å²) in [6.45, 7) is 7.87. The molecule has 0 saturated heterocycles. The number of anilines is 1. The molecular formula is C28H35N3O6. The van der Waals surface area contributed by atoms with Crippen LogP contribution in [0.2, 0.25) is 0 Å². The maximum absolute atomic E-state index is 13.1. The summed E-state index contributed by atoms with van der Waals surface area (Å²) in [5, 5.41) is 5.82. The Labute approximate surface area is 217 Å². The van der Waals surface area contributed by atoms with Crippen LogP contribution in [0.15, 0.2) is 53.7 Å². The molecule has 0 spiro atoms. The van der Waals surface area contributed by atoms with Crippen molar-refractivity contribution in [1.29, 1.82) is 0 Å². The highest BCUT2D eigenvalue weighted by Gasteiger charge is 2.36. The van der Waals surface area contributed by atoms with Gasteiger partial charge in [0.25, 0.3) is 5.91 Å². The summed E-state index contributed by atoms with van der Waals surface area (Å²) in [5.41, 5.74) is 2.42. The summed E-state index contributed by atoms with van der Waals surface area (Å²) in [7, 11) is 3.03. The average Bonchev–Trinajstić information content (AvgIpc) is 2.87. The molecule has 1 unspecified atom stereocenters. The Kier molecular flexibility index (Phi) is 9.16. The summed E-state index contributed by atoms with van der Waals surface area (Å²) in [4.78, 5) is 40.7. The number of unbranched alkanes of at least 4 members (excludes halogenated alkanes) is 1. The van der Waals surface area contributed by atoms with E-state index in [2.05, 4.69) is 10.6 Å². The molecule has 2 aromatic rings. The standard InChI is InChI=1S/C28H35N3O6/c1-7-8-12-31-18(4)24(27(33)37-17(2)3)25(30-28(31)34)19-10-9-11-21(13-19)29-26(32)20-14-22(35-5)16-23(15-20)36-6/h9-11,13-17,25H,7-8,12H2,1-6H3,(H,29,32)(H,30,34). The van der Waals surface area contributed by atoms with Gasteiger partial charge in [-0.1, -0.05) is 25.5 Å². The first-order valence-corrected chi connectivity index (χ1v) is 12.3. The molecule has 0 aromatic heterocycles. The molecule has 37 heavy (non-hydrogen) atoms. The van der Waals surface area contributed by atoms with Crippen molar-refractivity contribution >= 4 is 23.6 Å². The average molecular weight is 510 g/mol. The highest BCUT2D eigenvalue weighted by atomic mass is 16.5. The SMILES string of the molecule is CCCCN1C(=O)NC(c2cccc(NC(=O)c3cc(OC)cc(OC)c3)c2)C(C(=O)OC(C)C)=C1C. The molecule has 2 aromatic carbocycles. The molecular weight excluding hydrogens is 474 g/mol. The van der Waals surface area contributed by atoms with E-state index in [0.29, 0.717) is 46.1 Å². The first-order valence-electron chi connectivity index (χ1n) is 12.3. The predicted octanol–water partition coefficient (Wildman–Crippen LogP) is 5.05. The third kappa shape index (κ3) is 6.61. The van der Waals surface area contributed by atoms with Gasteiger partial charge in [-0.25, -0.2) is 9.59 Å². The third-order valence-electron chi connectivity index (χ3n) is 5.99. The molecule has 3 amide bonds. The minimum absolute atomic E-state index is 0.282. The maximum Gasteiger partial charge on any atom is 0.338 e. The van der Waals surface area contributed by atoms with E-state index in [-0.39, 0.29) is 18.0 Å². The lowest BCUT2D eigenvalue weighted by Crippen LogP contribution is -2.48. The number of ether oxygens (including phenoxy) is 3. The number of esters is 1. The van der Waals surface area contributed by atoms with E-state index in [0.717, 1.165) is 12.8 Å². The van der Waals surface area contributed by atoms with E-state index in [9.17, 15) is 14.4 Å². The first-order chi connectivity index (χ1) is 17.7. The number of hydrogen-bond acceptors (Lipinski definition) is 6. The molecule has 1 aliphatic heterocycles. The van der Waals surface area contributed by atoms with Crippen LogP contribution in [0.25, 0.3) is 0 Å². The van der Waals surface area contributed by atoms with E-state index in [1.807, 2.05) is 6.92 Å². The van der Waals surface area contributed by atoms with Crippen LogP contribution < -0.4 is 20.1 Å². The molecule has 0 aliphatic carbocycles. The van der Waals surface area contributed by atoms with Crippen LogP contribution in [0, 0.1) is 0 Å². The monoisotopic (exact) mass is 509 g/mol. The Morgan fingerprint density at radius 1 is 1.08 bits per heavy atom. The second kappa shape index (κ2) is 12.3. The number of carbonyl (C=O) groups is 3. The molecule has 3 rings (SSSR count). The van der Waals surface area contributed by atoms with Gasteiger partial charge in [0.15, 0.2) is 0 Å². The van der Waals surface area contributed by atoms with E-state index in [1.165, 1.54) is 14.2 Å². The summed E-state index contributed by atoms with van der Waals surface area (Å²) in [6.07, 6.45) is 1.40. The maximum atomic E-state index is 13.1. The zero-order valence-electron chi connectivity index (χ0n) is 22.2. The molecule has 9 nitrogen and oxygen atoms in total. The predicted molar refractivity (Wildman–Crippen MR) is 141 cm³/mol. The van der Waals surface area contributed by atoms with Gasteiger partial charge in [0, 0.05) is 29.6 Å². The van der Waals surface area contributed by atoms with Crippen molar-refractivity contribution in [2.45, 2.75) is 52.7 Å². The Morgan fingerprint density at radius 3 is 2.35 bits per heavy atom. The largest absolute Gasteiger partial charge is 0.497 e. The topological polar surface area (TPSA) is 106 Å². The molecule has 1 aliphatic rings. The van der Waals surface area contributed by atoms with Gasteiger partial charge >= 0.3 is 12.0 Å². The number of hydrogen-bond donors (Lipinski definition) is 2. The fraction of sp³-hybridized carbons (Fsp3) is 0.393. The lowest BCUT2D eigenvalue weighted by Gasteiger charge is -2.35. The molecule has 1 heterocycles. The summed E-state index contributed by atoms with van der Waals surface area (Å²) >= 11 is 0. The number of rotatable bonds is 10. The molecule has 0 fully saturated rings. The Bertz CT molecular complexity index is 1170. The van der Waals surface area contributed by atoms with Gasteiger partial charge in [-0.3, -0.25) is 9.69 Å². The number of urea groups is 1. The molecule has 2 N–H and O–H groups in total. The minimum atomic E-state index is -0.731. The van der Waals surface area contributed by atoms with Crippen LogP contribution in [0.1, 0.15) is 62.5 Å². The molecule has 0 saturated carbocycles. The Morgan fingerprint density at radius 2 is 1.76 bits per heavy atom. The first kappa shape index (κ1) is 27.6. The van der Waals surface area contributed by atoms with Gasteiger partial charge in [-0.2, -0.15) is 0 Å². The lowest BCUT2D eigenvalue weighted by molar-refractivity contribution is -0.143. The number of methoxy groups -OCH3 is 2. The van der Waals surface area contributed by atoms with Crippen molar-refractivity contribution in [3.05, 3.63) is 64.9 Å². The van der Waals surface area contributed by atoms with Crippen molar-refractivity contribution in [3.8, 4) is 11.5 Å². The minimum Gasteiger partial charge on any atom is -0.497 e. The van der Waals surface area contributed by atoms with Gasteiger partial charge in [-0.15, -0.1) is 0 Å². The van der Waals surface area contributed by atoms with Crippen LogP contribution in [0.3, 0.4) is 0 Å². The molecule has 1 atom stereocenters. The molecule has 9 heteroatoms. The van der Waals surface area contributed by atoms with Crippen LogP contribution in [0.5, 0.6) is 11.5 Å². The van der Waals surface area contributed by atoms with Crippen molar-refractivity contribution < 1.29 is 28.6 Å². The van der Waals surface area contributed by atoms with Gasteiger partial charge in [-0.05, 0) is 57.0 Å². The number of allylic oxidation sites excluding steroid dienone is 1. The Hall–Kier alpha value is -4.01. The number of nitrogens with zero attached hydrogens (tertiary/aromatic N) is 1. The van der Waals surface area contributed by atoms with E-state index >= 15 is 0 Å². The second-order valence-electron chi connectivity index (χ2n) is 9.02. The number of amides is 3. The lowest BCUT2D eigenvalue weighted by atomic mass is 9.94. The van der Waals surface area contributed by atoms with E-state index < -0.39 is 12.0 Å². The van der Waals surface area contributed by atoms with E-state index in [4.69, 9.17) is 14.2 Å². The normalized spacial score (nSPS) is 15.4. The Balaban J connectivity index is 1.94. The number of carbonyl (C=O) groups excluding carboxylic acids is 3. The quantitative estimate of drug-likeness (QED) is 0.434. The van der Waals surface area contributed by atoms with Crippen molar-refractivity contribution in [2.24, 2.45) is 0 Å². The van der Waals surface area contributed by atoms with Crippen LogP contribution in [-0.2, 0) is 9.53 Å². The zero-order chi connectivity index (χ0) is 27.1. The van der Waals surface area contributed by atoms with Crippen LogP contribution in [-0.4, -0.2) is 49.7 Å². The number of benzene rings is 2. The van der Waals surface area contributed by atoms with Gasteiger partial charge in [0.05, 0.1) is 31.9 Å². The molecule has 0 bridgehead atoms. The second-order valence-corrected chi connectivity index (χ2v) is 9.02. The summed E-state index contributed by atoms with van der Waals surface area (Å²) < 4.78 is 16.0. The number of nitrogens with one attached hydrogen (secondary N) is 2. The van der Waals surface area contributed by atoms with Gasteiger partial charge in [0.2, 0.25) is 0 Å². The fourth-order valence-corrected chi connectivity index (χ4v) is 4.10. The summed E-state index contributed by atoms with van der Waals surface area (Å²) in [5.74, 6) is 0.130. The zero-order valence-corrected chi connectivity index (χ0v) is 22.2. The van der Waals surface area contributed by atoms with Crippen LogP contribution in [0.4, 0.5) is 10.5 Å². The van der Waals surface area contributed by atoms with Gasteiger partial charge in [0.1, 0.15) is 11.5 Å². The van der Waals surface area contributed by atoms with Crippen molar-refractivity contribution in [2.75, 3.05) is 26.1 Å². The molecule has 0 radical (unpaired) electrons. The van der Waals surface area contributed by atoms with Crippen LogP contribution >= 0.6 is 0 Å². The molecule has 198 valence electrons. The fourth-order valence-electron chi connectivity index (χ4n) is 4.10. The highest BCUT2D eigenvalue weighted by Crippen LogP contribution is 2.33. The highest BCUT2D eigenvalue weighted by molar-refractivity contribution is 6.05. The third-order valence-corrected chi connectivity index (χ3v) is 5.99. The van der Waals surface area contributed by atoms with E-state index in [1.54, 1.807) is 68.1 Å². The van der Waals surface area contributed by atoms with Gasteiger partial charge < -0.3 is 24.8 Å². The van der Waals surface area contributed by atoms with Crippen molar-refractivity contribution in [3.63, 3.8) is 0 Å². The summed E-state index contributed by atoms with van der Waals surface area (Å²) in [6, 6.07) is 10.9. The smallest absolute Gasteiger partial charge is 0.338 e. The van der Waals surface area contributed by atoms with Crippen molar-refractivity contribution in [1.82, 2.24) is 10.2 Å².